The van der Waals surface area contributed by atoms with Gasteiger partial charge in [0.1, 0.15) is 0 Å². The van der Waals surface area contributed by atoms with E-state index in [0.29, 0.717) is 36.8 Å². The number of carbonyl (C=O) groups excluding carboxylic acids is 3. The number of piperidine rings is 1. The summed E-state index contributed by atoms with van der Waals surface area (Å²) in [7, 11) is 0. The van der Waals surface area contributed by atoms with Gasteiger partial charge in [0, 0.05) is 49.9 Å². The van der Waals surface area contributed by atoms with E-state index < -0.39 is 0 Å². The molecule has 0 saturated carbocycles. The zero-order chi connectivity index (χ0) is 20.8. The molecule has 2 fully saturated rings. The molecular weight excluding hydrogens is 392 g/mol. The Hall–Kier alpha value is -2.12. The summed E-state index contributed by atoms with van der Waals surface area (Å²) in [6.07, 6.45) is 3.37. The molecule has 2 aliphatic heterocycles. The molecule has 8 heteroatoms. The predicted molar refractivity (Wildman–Crippen MR) is 112 cm³/mol. The van der Waals surface area contributed by atoms with Crippen molar-refractivity contribution in [2.24, 2.45) is 0 Å². The van der Waals surface area contributed by atoms with Gasteiger partial charge in [-0.3, -0.25) is 19.3 Å². The summed E-state index contributed by atoms with van der Waals surface area (Å²) < 4.78 is 0. The molecule has 3 amide bonds. The van der Waals surface area contributed by atoms with E-state index in [-0.39, 0.29) is 30.3 Å². The van der Waals surface area contributed by atoms with Crippen molar-refractivity contribution in [1.29, 1.82) is 0 Å². The third-order valence-corrected chi connectivity index (χ3v) is 5.96. The number of hydrogen-bond donors (Lipinski definition) is 1. The predicted octanol–water partition coefficient (Wildman–Crippen LogP) is 1.62. The Kier molecular flexibility index (Phi) is 7.50. The molecule has 1 unspecified atom stereocenters. The number of nitrogens with one attached hydrogen (secondary N) is 1. The fourth-order valence-electron chi connectivity index (χ4n) is 3.89. The zero-order valence-electron chi connectivity index (χ0n) is 16.9. The monoisotopic (exact) mass is 420 g/mol. The van der Waals surface area contributed by atoms with Crippen molar-refractivity contribution in [3.8, 4) is 0 Å². The summed E-state index contributed by atoms with van der Waals surface area (Å²) in [6, 6.07) is 6.46. The summed E-state index contributed by atoms with van der Waals surface area (Å²) in [5.41, 5.74) is 0.431. The maximum absolute atomic E-state index is 12.7. The minimum Gasteiger partial charge on any atom is -0.343 e. The fourth-order valence-corrected chi connectivity index (χ4v) is 4.08. The van der Waals surface area contributed by atoms with Crippen molar-refractivity contribution in [1.82, 2.24) is 20.0 Å². The van der Waals surface area contributed by atoms with Crippen molar-refractivity contribution in [3.63, 3.8) is 0 Å². The van der Waals surface area contributed by atoms with E-state index in [2.05, 4.69) is 10.2 Å². The molecule has 158 valence electrons. The second-order valence-electron chi connectivity index (χ2n) is 7.67. The van der Waals surface area contributed by atoms with Crippen LogP contribution in [0.15, 0.2) is 24.3 Å². The molecule has 1 aromatic rings. The third kappa shape index (κ3) is 5.70. The third-order valence-electron chi connectivity index (χ3n) is 5.73. The van der Waals surface area contributed by atoms with E-state index in [1.807, 2.05) is 11.8 Å². The lowest BCUT2D eigenvalue weighted by molar-refractivity contribution is -0.139. The molecule has 1 aromatic carbocycles. The Balaban J connectivity index is 1.43. The highest BCUT2D eigenvalue weighted by atomic mass is 35.5. The summed E-state index contributed by atoms with van der Waals surface area (Å²) >= 11 is 5.90. The zero-order valence-corrected chi connectivity index (χ0v) is 17.7. The SMILES string of the molecule is CC(C(=O)N1CCCCC1)N1CCN(C(=O)CNC(=O)c2cccc(Cl)c2)CC1. The number of benzene rings is 1. The first-order valence-corrected chi connectivity index (χ1v) is 10.7. The first-order chi connectivity index (χ1) is 14.0. The van der Waals surface area contributed by atoms with Crippen LogP contribution in [0.3, 0.4) is 0 Å². The molecule has 29 heavy (non-hydrogen) atoms. The number of nitrogens with zero attached hydrogens (tertiary/aromatic N) is 3. The lowest BCUT2D eigenvalue weighted by Gasteiger charge is -2.39. The highest BCUT2D eigenvalue weighted by molar-refractivity contribution is 6.30. The Morgan fingerprint density at radius 3 is 2.34 bits per heavy atom. The molecule has 0 bridgehead atoms. The van der Waals surface area contributed by atoms with Gasteiger partial charge in [0.15, 0.2) is 0 Å². The molecule has 2 aliphatic rings. The van der Waals surface area contributed by atoms with Crippen molar-refractivity contribution in [2.45, 2.75) is 32.2 Å². The van der Waals surface area contributed by atoms with Gasteiger partial charge < -0.3 is 15.1 Å². The van der Waals surface area contributed by atoms with Gasteiger partial charge in [0.2, 0.25) is 11.8 Å². The van der Waals surface area contributed by atoms with Gasteiger partial charge >= 0.3 is 0 Å². The number of piperazine rings is 1. The van der Waals surface area contributed by atoms with Crippen LogP contribution in [0.25, 0.3) is 0 Å². The van der Waals surface area contributed by atoms with E-state index >= 15 is 0 Å². The van der Waals surface area contributed by atoms with Crippen LogP contribution in [0.5, 0.6) is 0 Å². The lowest BCUT2D eigenvalue weighted by atomic mass is 10.1. The molecule has 2 saturated heterocycles. The van der Waals surface area contributed by atoms with Gasteiger partial charge in [-0.05, 0) is 44.4 Å². The molecule has 1 atom stereocenters. The quantitative estimate of drug-likeness (QED) is 0.785. The smallest absolute Gasteiger partial charge is 0.251 e. The van der Waals surface area contributed by atoms with Crippen LogP contribution in [-0.2, 0) is 9.59 Å². The molecule has 0 radical (unpaired) electrons. The van der Waals surface area contributed by atoms with Gasteiger partial charge in [-0.25, -0.2) is 0 Å². The van der Waals surface area contributed by atoms with Gasteiger partial charge in [-0.15, -0.1) is 0 Å². The topological polar surface area (TPSA) is 73.0 Å². The normalized spacial score (nSPS) is 19.0. The van der Waals surface area contributed by atoms with E-state index in [1.165, 1.54) is 6.42 Å². The Labute approximate surface area is 177 Å². The van der Waals surface area contributed by atoms with E-state index in [9.17, 15) is 14.4 Å². The molecule has 3 rings (SSSR count). The highest BCUT2D eigenvalue weighted by Gasteiger charge is 2.30. The van der Waals surface area contributed by atoms with Crippen LogP contribution >= 0.6 is 11.6 Å². The molecule has 7 nitrogen and oxygen atoms in total. The van der Waals surface area contributed by atoms with E-state index in [4.69, 9.17) is 11.6 Å². The van der Waals surface area contributed by atoms with Crippen molar-refractivity contribution < 1.29 is 14.4 Å². The molecule has 2 heterocycles. The van der Waals surface area contributed by atoms with Crippen LogP contribution in [-0.4, -0.2) is 84.3 Å². The second-order valence-corrected chi connectivity index (χ2v) is 8.11. The van der Waals surface area contributed by atoms with Crippen molar-refractivity contribution in [2.75, 3.05) is 45.8 Å². The number of hydrogen-bond acceptors (Lipinski definition) is 4. The summed E-state index contributed by atoms with van der Waals surface area (Å²) in [5, 5.41) is 3.14. The van der Waals surface area contributed by atoms with Crippen LogP contribution in [0, 0.1) is 0 Å². The minimum atomic E-state index is -0.319. The van der Waals surface area contributed by atoms with Gasteiger partial charge in [0.25, 0.3) is 5.91 Å². The number of carbonyl (C=O) groups is 3. The van der Waals surface area contributed by atoms with E-state index in [0.717, 1.165) is 25.9 Å². The van der Waals surface area contributed by atoms with Crippen LogP contribution in [0.2, 0.25) is 5.02 Å². The second kappa shape index (κ2) is 10.1. The summed E-state index contributed by atoms with van der Waals surface area (Å²) in [5.74, 6) is -0.242. The fraction of sp³-hybridized carbons (Fsp3) is 0.571. The highest BCUT2D eigenvalue weighted by Crippen LogP contribution is 2.14. The van der Waals surface area contributed by atoms with Gasteiger partial charge in [-0.1, -0.05) is 17.7 Å². The average Bonchev–Trinajstić information content (AvgIpc) is 2.77. The molecule has 0 aliphatic carbocycles. The Morgan fingerprint density at radius 1 is 1.00 bits per heavy atom. The number of amides is 3. The van der Waals surface area contributed by atoms with Crippen LogP contribution in [0.1, 0.15) is 36.5 Å². The summed E-state index contributed by atoms with van der Waals surface area (Å²) in [6.45, 7) is 6.06. The average molecular weight is 421 g/mol. The van der Waals surface area contributed by atoms with Crippen molar-refractivity contribution >= 4 is 29.3 Å². The standard InChI is InChI=1S/C21H29ClN4O3/c1-16(21(29)26-8-3-2-4-9-26)24-10-12-25(13-11-24)19(27)15-23-20(28)17-6-5-7-18(22)14-17/h5-7,14,16H,2-4,8-13,15H2,1H3,(H,23,28). The van der Waals surface area contributed by atoms with Crippen LogP contribution in [0.4, 0.5) is 0 Å². The largest absolute Gasteiger partial charge is 0.343 e. The number of rotatable bonds is 5. The molecule has 1 N–H and O–H groups in total. The maximum atomic E-state index is 12.7. The first kappa shape index (κ1) is 21.6. The molecule has 0 aromatic heterocycles. The molecular formula is C21H29ClN4O3. The molecule has 0 spiro atoms. The van der Waals surface area contributed by atoms with Crippen LogP contribution < -0.4 is 5.32 Å². The number of halogens is 1. The first-order valence-electron chi connectivity index (χ1n) is 10.3. The van der Waals surface area contributed by atoms with Gasteiger partial charge in [-0.2, -0.15) is 0 Å². The Morgan fingerprint density at radius 2 is 1.69 bits per heavy atom. The van der Waals surface area contributed by atoms with E-state index in [1.54, 1.807) is 29.2 Å². The van der Waals surface area contributed by atoms with Crippen molar-refractivity contribution in [3.05, 3.63) is 34.9 Å². The minimum absolute atomic E-state index is 0.0480. The lowest BCUT2D eigenvalue weighted by Crippen LogP contribution is -2.56. The van der Waals surface area contributed by atoms with Gasteiger partial charge in [0.05, 0.1) is 12.6 Å². The Bertz CT molecular complexity index is 743. The summed E-state index contributed by atoms with van der Waals surface area (Å²) in [4.78, 5) is 43.2. The number of likely N-dealkylation sites (tertiary alicyclic amines) is 1. The maximum Gasteiger partial charge on any atom is 0.251 e.